The molecule has 9 heteroatoms. The number of nitrogens with zero attached hydrogens (tertiary/aromatic N) is 3. The number of aromatic nitrogens is 1. The lowest BCUT2D eigenvalue weighted by atomic mass is 10.1. The van der Waals surface area contributed by atoms with Crippen molar-refractivity contribution in [1.29, 1.82) is 0 Å². The van der Waals surface area contributed by atoms with Crippen LogP contribution in [0.15, 0.2) is 71.6 Å². The Hall–Kier alpha value is -3.20. The normalized spacial score (nSPS) is 16.5. The highest BCUT2D eigenvalue weighted by Crippen LogP contribution is 2.28. The van der Waals surface area contributed by atoms with Crippen molar-refractivity contribution in [3.05, 3.63) is 77.4 Å². The van der Waals surface area contributed by atoms with Crippen molar-refractivity contribution < 1.29 is 17.9 Å². The molecule has 0 radical (unpaired) electrons. The number of sulfonamides is 1. The average molecular weight is 510 g/mol. The first-order chi connectivity index (χ1) is 16.8. The maximum Gasteiger partial charge on any atom is 0.243 e. The molecule has 0 aliphatic carbocycles. The van der Waals surface area contributed by atoms with Gasteiger partial charge in [-0.3, -0.25) is 4.79 Å². The quantitative estimate of drug-likeness (QED) is 0.358. The number of carbonyl (C=O) groups excluding carboxylic acids is 1. The zero-order valence-electron chi connectivity index (χ0n) is 19.3. The molecule has 2 heterocycles. The summed E-state index contributed by atoms with van der Waals surface area (Å²) in [5, 5.41) is 3.02. The minimum absolute atomic E-state index is 0.146. The largest absolute Gasteiger partial charge is 0.497 e. The Bertz CT molecular complexity index is 1560. The monoisotopic (exact) mass is 509 g/mol. The number of halogens is 1. The second kappa shape index (κ2) is 9.11. The predicted octanol–water partition coefficient (Wildman–Crippen LogP) is 4.47. The van der Waals surface area contributed by atoms with Gasteiger partial charge in [0.1, 0.15) is 16.9 Å². The van der Waals surface area contributed by atoms with Crippen LogP contribution in [-0.2, 0) is 21.4 Å². The van der Waals surface area contributed by atoms with Gasteiger partial charge in [-0.2, -0.15) is 4.31 Å². The molecule has 3 aromatic carbocycles. The Balaban J connectivity index is 1.35. The molecule has 1 aliphatic rings. The Labute approximate surface area is 208 Å². The van der Waals surface area contributed by atoms with E-state index in [0.717, 1.165) is 27.2 Å². The number of fused-ring (bicyclic) bond motifs is 2. The zero-order valence-corrected chi connectivity index (χ0v) is 20.9. The van der Waals surface area contributed by atoms with Crippen molar-refractivity contribution in [3.63, 3.8) is 0 Å². The Morgan fingerprint density at radius 1 is 1.03 bits per heavy atom. The molecule has 1 aromatic heterocycles. The van der Waals surface area contributed by atoms with Crippen molar-refractivity contribution in [2.24, 2.45) is 0 Å². The number of ether oxygens (including phenoxy) is 1. The third-order valence-electron chi connectivity index (χ3n) is 6.50. The molecule has 1 saturated heterocycles. The van der Waals surface area contributed by atoms with Crippen molar-refractivity contribution in [3.8, 4) is 5.75 Å². The van der Waals surface area contributed by atoms with Crippen LogP contribution in [-0.4, -0.2) is 55.3 Å². The Morgan fingerprint density at radius 3 is 2.60 bits per heavy atom. The SMILES string of the molecule is COc1ccc2ccc(S(=O)(=O)N(C)[C@H]3CCN(Cc4ccc5nc(Cl)ccc5c4)C3=O)cc2c1. The van der Waals surface area contributed by atoms with E-state index in [1.165, 1.54) is 11.4 Å². The number of hydrogen-bond acceptors (Lipinski definition) is 5. The van der Waals surface area contributed by atoms with Crippen LogP contribution in [0.1, 0.15) is 12.0 Å². The summed E-state index contributed by atoms with van der Waals surface area (Å²) in [5.74, 6) is 0.447. The second-order valence-corrected chi connectivity index (χ2v) is 11.0. The first-order valence-electron chi connectivity index (χ1n) is 11.2. The van der Waals surface area contributed by atoms with Gasteiger partial charge < -0.3 is 9.64 Å². The van der Waals surface area contributed by atoms with Gasteiger partial charge in [0, 0.05) is 25.5 Å². The molecule has 1 atom stereocenters. The highest BCUT2D eigenvalue weighted by Gasteiger charge is 2.39. The standard InChI is InChI=1S/C26H24ClN3O4S/c1-29(35(32,33)22-8-5-18-4-7-21(34-2)14-20(18)15-22)24-11-12-30(26(24)31)16-17-3-9-23-19(13-17)6-10-25(27)28-23/h3-10,13-15,24H,11-12,16H2,1-2H3/t24-/m0/s1. The number of pyridine rings is 1. The number of likely N-dealkylation sites (N-methyl/N-ethyl adjacent to an activating group) is 1. The van der Waals surface area contributed by atoms with Crippen LogP contribution >= 0.6 is 11.6 Å². The molecular weight excluding hydrogens is 486 g/mol. The van der Waals surface area contributed by atoms with Crippen molar-refractivity contribution in [1.82, 2.24) is 14.2 Å². The smallest absolute Gasteiger partial charge is 0.243 e. The molecule has 7 nitrogen and oxygen atoms in total. The summed E-state index contributed by atoms with van der Waals surface area (Å²) < 4.78 is 33.3. The number of benzene rings is 3. The van der Waals surface area contributed by atoms with Crippen LogP contribution in [0, 0.1) is 0 Å². The molecule has 0 N–H and O–H groups in total. The van der Waals surface area contributed by atoms with Crippen LogP contribution < -0.4 is 4.74 Å². The molecule has 1 fully saturated rings. The van der Waals surface area contributed by atoms with Gasteiger partial charge in [0.25, 0.3) is 0 Å². The fourth-order valence-electron chi connectivity index (χ4n) is 4.51. The van der Waals surface area contributed by atoms with E-state index in [2.05, 4.69) is 4.98 Å². The van der Waals surface area contributed by atoms with E-state index in [4.69, 9.17) is 16.3 Å². The summed E-state index contributed by atoms with van der Waals surface area (Å²) in [6, 6.07) is 19.1. The van der Waals surface area contributed by atoms with E-state index in [1.54, 1.807) is 42.3 Å². The lowest BCUT2D eigenvalue weighted by Gasteiger charge is -2.24. The van der Waals surface area contributed by atoms with Crippen LogP contribution in [0.5, 0.6) is 5.75 Å². The summed E-state index contributed by atoms with van der Waals surface area (Å²) in [6.45, 7) is 0.882. The van der Waals surface area contributed by atoms with Crippen LogP contribution in [0.25, 0.3) is 21.7 Å². The minimum Gasteiger partial charge on any atom is -0.497 e. The van der Waals surface area contributed by atoms with Gasteiger partial charge >= 0.3 is 0 Å². The highest BCUT2D eigenvalue weighted by atomic mass is 35.5. The number of rotatable bonds is 6. The summed E-state index contributed by atoms with van der Waals surface area (Å²) in [5.41, 5.74) is 1.73. The zero-order chi connectivity index (χ0) is 24.7. The third-order valence-corrected chi connectivity index (χ3v) is 8.57. The molecule has 180 valence electrons. The van der Waals surface area contributed by atoms with Gasteiger partial charge in [0.2, 0.25) is 15.9 Å². The number of methoxy groups -OCH3 is 1. The molecule has 0 spiro atoms. The van der Waals surface area contributed by atoms with Crippen LogP contribution in [0.2, 0.25) is 5.15 Å². The van der Waals surface area contributed by atoms with Gasteiger partial charge in [-0.1, -0.05) is 29.8 Å². The summed E-state index contributed by atoms with van der Waals surface area (Å²) in [6.07, 6.45) is 0.431. The topological polar surface area (TPSA) is 79.8 Å². The Kier molecular flexibility index (Phi) is 6.13. The van der Waals surface area contributed by atoms with E-state index in [1.807, 2.05) is 36.4 Å². The number of likely N-dealkylation sites (tertiary alicyclic amines) is 1. The molecular formula is C26H24ClN3O4S. The molecule has 1 amide bonds. The number of amides is 1. The van der Waals surface area contributed by atoms with E-state index in [-0.39, 0.29) is 10.8 Å². The molecule has 1 aliphatic heterocycles. The summed E-state index contributed by atoms with van der Waals surface area (Å²) in [4.78, 5) is 19.3. The van der Waals surface area contributed by atoms with E-state index in [9.17, 15) is 13.2 Å². The lowest BCUT2D eigenvalue weighted by Crippen LogP contribution is -2.42. The van der Waals surface area contributed by atoms with E-state index < -0.39 is 16.1 Å². The average Bonchev–Trinajstić information content (AvgIpc) is 3.22. The van der Waals surface area contributed by atoms with Gasteiger partial charge in [-0.15, -0.1) is 0 Å². The fourth-order valence-corrected chi connectivity index (χ4v) is 6.04. The maximum absolute atomic E-state index is 13.4. The lowest BCUT2D eigenvalue weighted by molar-refractivity contribution is -0.131. The number of hydrogen-bond donors (Lipinski definition) is 0. The fraction of sp³-hybridized carbons (Fsp3) is 0.231. The van der Waals surface area contributed by atoms with E-state index in [0.29, 0.717) is 30.4 Å². The van der Waals surface area contributed by atoms with Gasteiger partial charge in [0.05, 0.1) is 17.5 Å². The van der Waals surface area contributed by atoms with Crippen molar-refractivity contribution in [2.75, 3.05) is 20.7 Å². The van der Waals surface area contributed by atoms with E-state index >= 15 is 0 Å². The molecule has 0 bridgehead atoms. The third kappa shape index (κ3) is 4.45. The first kappa shape index (κ1) is 23.5. The predicted molar refractivity (Wildman–Crippen MR) is 136 cm³/mol. The molecule has 0 unspecified atom stereocenters. The number of carbonyl (C=O) groups is 1. The maximum atomic E-state index is 13.4. The molecule has 0 saturated carbocycles. The second-order valence-electron chi connectivity index (χ2n) is 8.62. The van der Waals surface area contributed by atoms with Crippen LogP contribution in [0.4, 0.5) is 0 Å². The van der Waals surface area contributed by atoms with Crippen molar-refractivity contribution in [2.45, 2.75) is 23.9 Å². The minimum atomic E-state index is -3.87. The molecule has 5 rings (SSSR count). The highest BCUT2D eigenvalue weighted by molar-refractivity contribution is 7.89. The van der Waals surface area contributed by atoms with Gasteiger partial charge in [-0.05, 0) is 71.3 Å². The molecule has 35 heavy (non-hydrogen) atoms. The summed E-state index contributed by atoms with van der Waals surface area (Å²) >= 11 is 5.96. The van der Waals surface area contributed by atoms with Crippen molar-refractivity contribution >= 4 is 49.2 Å². The van der Waals surface area contributed by atoms with Gasteiger partial charge in [0.15, 0.2) is 0 Å². The molecule has 4 aromatic rings. The Morgan fingerprint density at radius 2 is 1.80 bits per heavy atom. The van der Waals surface area contributed by atoms with Crippen LogP contribution in [0.3, 0.4) is 0 Å². The summed E-state index contributed by atoms with van der Waals surface area (Å²) in [7, 11) is -0.830. The van der Waals surface area contributed by atoms with Gasteiger partial charge in [-0.25, -0.2) is 13.4 Å². The first-order valence-corrected chi connectivity index (χ1v) is 13.0.